The van der Waals surface area contributed by atoms with Crippen molar-refractivity contribution in [1.29, 1.82) is 0 Å². The molecule has 180 valence electrons. The lowest BCUT2D eigenvalue weighted by molar-refractivity contribution is -0.156. The number of hydrogen-bond acceptors (Lipinski definition) is 5. The summed E-state index contributed by atoms with van der Waals surface area (Å²) in [6.45, 7) is 9.55. The van der Waals surface area contributed by atoms with Crippen LogP contribution in [0.2, 0.25) is 0 Å². The van der Waals surface area contributed by atoms with E-state index in [2.05, 4.69) is 52.0 Å². The minimum absolute atomic E-state index is 0.000948. The van der Waals surface area contributed by atoms with Gasteiger partial charge in [0.05, 0.1) is 23.9 Å². The van der Waals surface area contributed by atoms with Crippen molar-refractivity contribution in [3.05, 3.63) is 52.5 Å². The molecule has 34 heavy (non-hydrogen) atoms. The normalized spacial score (nSPS) is 31.5. The molecule has 0 N–H and O–H groups in total. The lowest BCUT2D eigenvalue weighted by Crippen LogP contribution is -2.47. The molecule has 4 heterocycles. The number of rotatable bonds is 4. The number of anilines is 1. The van der Waals surface area contributed by atoms with Crippen molar-refractivity contribution in [2.45, 2.75) is 89.3 Å². The molecule has 5 aliphatic rings. The molecule has 6 nitrogen and oxygen atoms in total. The number of para-hydroxylation sites is 1. The standard InChI is InChI=1S/C27H34BNO5/c1-26(2)27(3,4)34-28(33-26)24-18(16-32-22-11-7-8-14-31-22)15-17-12-13-21(30)29-20-10-6-5-9-19(20)23(24)25(17)29/h5-6,9-10,15,22-23,25H,7-8,11-14,16H2,1-4H3/t22?,23-,25+/m1/s1. The van der Waals surface area contributed by atoms with Crippen molar-refractivity contribution in [2.75, 3.05) is 18.1 Å². The van der Waals surface area contributed by atoms with E-state index in [0.29, 0.717) is 13.0 Å². The summed E-state index contributed by atoms with van der Waals surface area (Å²) in [4.78, 5) is 15.1. The highest BCUT2D eigenvalue weighted by Gasteiger charge is 2.58. The Morgan fingerprint density at radius 2 is 1.85 bits per heavy atom. The first-order valence-electron chi connectivity index (χ1n) is 12.7. The molecule has 0 spiro atoms. The van der Waals surface area contributed by atoms with Crippen molar-refractivity contribution in [1.82, 2.24) is 0 Å². The molecule has 3 atom stereocenters. The summed E-state index contributed by atoms with van der Waals surface area (Å²) in [6.07, 6.45) is 6.56. The minimum atomic E-state index is -0.497. The van der Waals surface area contributed by atoms with Crippen molar-refractivity contribution in [3.63, 3.8) is 0 Å². The Morgan fingerprint density at radius 1 is 1.09 bits per heavy atom. The maximum absolute atomic E-state index is 13.1. The molecule has 1 aromatic rings. The largest absolute Gasteiger partial charge is 0.491 e. The number of piperidine rings is 1. The number of ether oxygens (including phenoxy) is 2. The Bertz CT molecular complexity index is 1050. The molecule has 0 radical (unpaired) electrons. The van der Waals surface area contributed by atoms with Crippen LogP contribution in [0.3, 0.4) is 0 Å². The number of benzene rings is 1. The van der Waals surface area contributed by atoms with Gasteiger partial charge < -0.3 is 23.7 Å². The second kappa shape index (κ2) is 8.05. The number of amides is 1. The Balaban J connectivity index is 1.45. The Hall–Kier alpha value is -1.93. The Morgan fingerprint density at radius 3 is 2.59 bits per heavy atom. The summed E-state index contributed by atoms with van der Waals surface area (Å²) < 4.78 is 25.3. The minimum Gasteiger partial charge on any atom is -0.400 e. The van der Waals surface area contributed by atoms with E-state index < -0.39 is 18.3 Å². The average Bonchev–Trinajstić information content (AvgIpc) is 3.27. The molecule has 0 aromatic heterocycles. The number of carbonyl (C=O) groups excluding carboxylic acids is 1. The molecule has 6 rings (SSSR count). The van der Waals surface area contributed by atoms with Gasteiger partial charge in [-0.1, -0.05) is 24.3 Å². The number of carbonyl (C=O) groups is 1. The highest BCUT2D eigenvalue weighted by atomic mass is 16.7. The van der Waals surface area contributed by atoms with Crippen LogP contribution in [-0.2, 0) is 23.6 Å². The average molecular weight is 463 g/mol. The van der Waals surface area contributed by atoms with E-state index in [1.54, 1.807) is 0 Å². The van der Waals surface area contributed by atoms with Gasteiger partial charge in [-0.15, -0.1) is 0 Å². The van der Waals surface area contributed by atoms with E-state index in [0.717, 1.165) is 49.0 Å². The summed E-state index contributed by atoms with van der Waals surface area (Å²) in [6, 6.07) is 8.30. The predicted molar refractivity (Wildman–Crippen MR) is 130 cm³/mol. The van der Waals surface area contributed by atoms with Crippen molar-refractivity contribution in [2.24, 2.45) is 0 Å². The zero-order chi connectivity index (χ0) is 23.7. The van der Waals surface area contributed by atoms with Gasteiger partial charge in [-0.2, -0.15) is 0 Å². The summed E-state index contributed by atoms with van der Waals surface area (Å²) in [5.74, 6) is 0.196. The van der Waals surface area contributed by atoms with Crippen molar-refractivity contribution < 1.29 is 23.6 Å². The van der Waals surface area contributed by atoms with Crippen LogP contribution < -0.4 is 4.90 Å². The van der Waals surface area contributed by atoms with Crippen LogP contribution >= 0.6 is 0 Å². The molecule has 1 amide bonds. The van der Waals surface area contributed by atoms with Gasteiger partial charge in [0, 0.05) is 24.6 Å². The number of hydrogen-bond donors (Lipinski definition) is 0. The fraction of sp³-hybridized carbons (Fsp3) is 0.593. The molecule has 0 bridgehead atoms. The van der Waals surface area contributed by atoms with Crippen LogP contribution in [0.25, 0.3) is 0 Å². The zero-order valence-corrected chi connectivity index (χ0v) is 20.6. The van der Waals surface area contributed by atoms with Gasteiger partial charge in [0.1, 0.15) is 0 Å². The van der Waals surface area contributed by atoms with E-state index in [-0.39, 0.29) is 24.2 Å². The van der Waals surface area contributed by atoms with Gasteiger partial charge in [0.25, 0.3) is 0 Å². The Kier molecular flexibility index (Phi) is 5.34. The van der Waals surface area contributed by atoms with Gasteiger partial charge in [0.15, 0.2) is 6.29 Å². The summed E-state index contributed by atoms with van der Waals surface area (Å²) in [5, 5.41) is 0. The lowest BCUT2D eigenvalue weighted by atomic mass is 9.61. The molecule has 4 aliphatic heterocycles. The maximum atomic E-state index is 13.1. The molecule has 1 aliphatic carbocycles. The third kappa shape index (κ3) is 3.43. The summed E-state index contributed by atoms with van der Waals surface area (Å²) in [5.41, 5.74) is 4.78. The fourth-order valence-corrected chi connectivity index (χ4v) is 6.05. The number of nitrogens with zero attached hydrogens (tertiary/aromatic N) is 1. The van der Waals surface area contributed by atoms with E-state index >= 15 is 0 Å². The quantitative estimate of drug-likeness (QED) is 0.607. The van der Waals surface area contributed by atoms with E-state index in [1.165, 1.54) is 11.1 Å². The molecule has 3 saturated heterocycles. The third-order valence-electron chi connectivity index (χ3n) is 8.54. The third-order valence-corrected chi connectivity index (χ3v) is 8.54. The van der Waals surface area contributed by atoms with Crippen LogP contribution in [-0.4, -0.2) is 49.8 Å². The van der Waals surface area contributed by atoms with Crippen molar-refractivity contribution in [3.8, 4) is 0 Å². The van der Waals surface area contributed by atoms with Gasteiger partial charge in [-0.3, -0.25) is 4.79 Å². The SMILES string of the molecule is CC1(C)OB(C2=C(COC3CCCCO3)C=C3CCC(=O)N4c5ccccc5[C@H]2[C@H]34)OC1(C)C. The second-order valence-corrected chi connectivity index (χ2v) is 11.1. The fourth-order valence-electron chi connectivity index (χ4n) is 6.05. The molecule has 0 saturated carbocycles. The molecule has 1 aromatic carbocycles. The van der Waals surface area contributed by atoms with Crippen LogP contribution in [0.4, 0.5) is 5.69 Å². The summed E-state index contributed by atoms with van der Waals surface area (Å²) >= 11 is 0. The first kappa shape index (κ1) is 22.5. The van der Waals surface area contributed by atoms with Crippen LogP contribution in [0.5, 0.6) is 0 Å². The smallest absolute Gasteiger partial charge is 0.400 e. The number of fused-ring (bicyclic) bond motifs is 3. The molecular weight excluding hydrogens is 429 g/mol. The first-order chi connectivity index (χ1) is 16.3. The molecule has 1 unspecified atom stereocenters. The van der Waals surface area contributed by atoms with Crippen LogP contribution in [0.15, 0.2) is 47.0 Å². The molecule has 7 heteroatoms. The monoisotopic (exact) mass is 463 g/mol. The second-order valence-electron chi connectivity index (χ2n) is 11.1. The highest BCUT2D eigenvalue weighted by Crippen LogP contribution is 2.55. The van der Waals surface area contributed by atoms with Crippen LogP contribution in [0, 0.1) is 0 Å². The summed E-state index contributed by atoms with van der Waals surface area (Å²) in [7, 11) is -0.497. The highest BCUT2D eigenvalue weighted by molar-refractivity contribution is 6.55. The maximum Gasteiger partial charge on any atom is 0.491 e. The van der Waals surface area contributed by atoms with Crippen LogP contribution in [0.1, 0.15) is 71.3 Å². The molecule has 3 fully saturated rings. The van der Waals surface area contributed by atoms with E-state index in [9.17, 15) is 4.79 Å². The van der Waals surface area contributed by atoms with E-state index in [4.69, 9.17) is 18.8 Å². The van der Waals surface area contributed by atoms with Gasteiger partial charge in [-0.05, 0) is 81.6 Å². The first-order valence-corrected chi connectivity index (χ1v) is 12.7. The lowest BCUT2D eigenvalue weighted by Gasteiger charge is -2.40. The predicted octanol–water partition coefficient (Wildman–Crippen LogP) is 4.69. The van der Waals surface area contributed by atoms with Gasteiger partial charge in [-0.25, -0.2) is 0 Å². The van der Waals surface area contributed by atoms with E-state index in [1.807, 2.05) is 11.0 Å². The zero-order valence-electron chi connectivity index (χ0n) is 20.6. The van der Waals surface area contributed by atoms with Gasteiger partial charge >= 0.3 is 7.12 Å². The topological polar surface area (TPSA) is 57.2 Å². The van der Waals surface area contributed by atoms with Crippen molar-refractivity contribution >= 4 is 18.7 Å². The molecular formula is C27H34BNO5. The van der Waals surface area contributed by atoms with Gasteiger partial charge in [0.2, 0.25) is 5.91 Å². The Labute approximate surface area is 202 Å².